The van der Waals surface area contributed by atoms with Gasteiger partial charge in [0.2, 0.25) is 5.91 Å². The quantitative estimate of drug-likeness (QED) is 0.302. The minimum Gasteiger partial charge on any atom is -0.349 e. The highest BCUT2D eigenvalue weighted by Gasteiger charge is 2.30. The van der Waals surface area contributed by atoms with Crippen molar-refractivity contribution >= 4 is 29.1 Å². The molecule has 0 aliphatic carbocycles. The Morgan fingerprint density at radius 3 is 2.35 bits per heavy atom. The SMILES string of the molecule is CC(NC(=O)c1cccc(-c2ccccc2[N+](=O)[O-])c1)C(C)C(=O)N1CCC(c2ccc(Cl)cc2)CC1. The standard InChI is InChI=1S/C29H30ClN3O4/c1-19(29(35)32-16-14-22(15-17-32)21-10-12-25(30)13-11-21)20(2)31-28(34)24-7-5-6-23(18-24)26-8-3-4-9-27(26)33(36)37/h3-13,18-20,22H,14-17H2,1-2H3,(H,31,34). The van der Waals surface area contributed by atoms with Crippen LogP contribution in [0.4, 0.5) is 5.69 Å². The number of nitrogens with zero attached hydrogens (tertiary/aromatic N) is 2. The molecular weight excluding hydrogens is 490 g/mol. The Bertz CT molecular complexity index is 1290. The van der Waals surface area contributed by atoms with Gasteiger partial charge in [-0.1, -0.05) is 54.9 Å². The number of para-hydroxylation sites is 1. The summed E-state index contributed by atoms with van der Waals surface area (Å²) in [5.74, 6) is -0.291. The molecule has 1 saturated heterocycles. The lowest BCUT2D eigenvalue weighted by Crippen LogP contribution is -2.47. The number of nitrogens with one attached hydrogen (secondary N) is 1. The van der Waals surface area contributed by atoms with E-state index in [1.165, 1.54) is 11.6 Å². The van der Waals surface area contributed by atoms with E-state index >= 15 is 0 Å². The lowest BCUT2D eigenvalue weighted by atomic mass is 9.88. The molecule has 1 aliphatic rings. The number of likely N-dealkylation sites (tertiary alicyclic amines) is 1. The number of hydrogen-bond acceptors (Lipinski definition) is 4. The summed E-state index contributed by atoms with van der Waals surface area (Å²) in [6.07, 6.45) is 1.78. The van der Waals surface area contributed by atoms with Crippen LogP contribution in [0.15, 0.2) is 72.8 Å². The van der Waals surface area contributed by atoms with Crippen LogP contribution in [0.25, 0.3) is 11.1 Å². The van der Waals surface area contributed by atoms with E-state index in [4.69, 9.17) is 11.6 Å². The zero-order valence-corrected chi connectivity index (χ0v) is 21.6. The zero-order valence-electron chi connectivity index (χ0n) is 20.9. The number of amides is 2. The Morgan fingerprint density at radius 1 is 1.00 bits per heavy atom. The molecule has 0 aromatic heterocycles. The molecule has 7 nitrogen and oxygen atoms in total. The fourth-order valence-corrected chi connectivity index (χ4v) is 4.92. The molecule has 0 spiro atoms. The van der Waals surface area contributed by atoms with Crippen molar-refractivity contribution in [2.75, 3.05) is 13.1 Å². The Balaban J connectivity index is 1.37. The minimum absolute atomic E-state index is 0.0209. The maximum Gasteiger partial charge on any atom is 0.277 e. The molecule has 3 aromatic carbocycles. The second-order valence-electron chi connectivity index (χ2n) is 9.56. The predicted octanol–water partition coefficient (Wildman–Crippen LogP) is 6.08. The van der Waals surface area contributed by atoms with Crippen molar-refractivity contribution in [1.29, 1.82) is 0 Å². The van der Waals surface area contributed by atoms with Crippen LogP contribution in [0.2, 0.25) is 5.02 Å². The predicted molar refractivity (Wildman–Crippen MR) is 145 cm³/mol. The van der Waals surface area contributed by atoms with Crippen molar-refractivity contribution in [3.8, 4) is 11.1 Å². The molecule has 192 valence electrons. The molecule has 1 heterocycles. The molecule has 4 rings (SSSR count). The smallest absolute Gasteiger partial charge is 0.277 e. The van der Waals surface area contributed by atoms with E-state index in [-0.39, 0.29) is 23.5 Å². The van der Waals surface area contributed by atoms with E-state index in [1.54, 1.807) is 42.5 Å². The van der Waals surface area contributed by atoms with E-state index in [1.807, 2.05) is 30.9 Å². The molecule has 2 amide bonds. The average molecular weight is 520 g/mol. The summed E-state index contributed by atoms with van der Waals surface area (Å²) in [7, 11) is 0. The highest BCUT2D eigenvalue weighted by Crippen LogP contribution is 2.31. The molecule has 2 atom stereocenters. The average Bonchev–Trinajstić information content (AvgIpc) is 2.92. The number of halogens is 1. The molecule has 0 saturated carbocycles. The van der Waals surface area contributed by atoms with E-state index in [9.17, 15) is 19.7 Å². The molecule has 0 radical (unpaired) electrons. The first-order chi connectivity index (χ1) is 17.7. The van der Waals surface area contributed by atoms with Gasteiger partial charge in [-0.05, 0) is 67.1 Å². The number of rotatable bonds is 7. The first kappa shape index (κ1) is 26.4. The van der Waals surface area contributed by atoms with Gasteiger partial charge in [0.05, 0.1) is 16.4 Å². The van der Waals surface area contributed by atoms with Gasteiger partial charge in [-0.25, -0.2) is 0 Å². The third-order valence-electron chi connectivity index (χ3n) is 7.18. The zero-order chi connectivity index (χ0) is 26.5. The summed E-state index contributed by atoms with van der Waals surface area (Å²) in [6.45, 7) is 5.01. The fourth-order valence-electron chi connectivity index (χ4n) is 4.79. The molecule has 8 heteroatoms. The largest absolute Gasteiger partial charge is 0.349 e. The highest BCUT2D eigenvalue weighted by molar-refractivity contribution is 6.30. The second kappa shape index (κ2) is 11.6. The third-order valence-corrected chi connectivity index (χ3v) is 7.43. The number of nitro groups is 1. The van der Waals surface area contributed by atoms with Crippen molar-refractivity contribution in [3.05, 3.63) is 99.1 Å². The van der Waals surface area contributed by atoms with Crippen LogP contribution < -0.4 is 5.32 Å². The lowest BCUT2D eigenvalue weighted by molar-refractivity contribution is -0.384. The maximum absolute atomic E-state index is 13.2. The topological polar surface area (TPSA) is 92.5 Å². The number of carbonyl (C=O) groups excluding carboxylic acids is 2. The maximum atomic E-state index is 13.2. The van der Waals surface area contributed by atoms with Gasteiger partial charge in [-0.2, -0.15) is 0 Å². The fraction of sp³-hybridized carbons (Fsp3) is 0.310. The Hall–Kier alpha value is -3.71. The van der Waals surface area contributed by atoms with Crippen LogP contribution in [0.5, 0.6) is 0 Å². The van der Waals surface area contributed by atoms with Crippen LogP contribution in [-0.2, 0) is 4.79 Å². The van der Waals surface area contributed by atoms with Crippen molar-refractivity contribution in [1.82, 2.24) is 10.2 Å². The number of nitro benzene ring substituents is 1. The van der Waals surface area contributed by atoms with Crippen LogP contribution in [-0.4, -0.2) is 40.8 Å². The van der Waals surface area contributed by atoms with Gasteiger partial charge in [-0.3, -0.25) is 19.7 Å². The van der Waals surface area contributed by atoms with Crippen LogP contribution in [0, 0.1) is 16.0 Å². The summed E-state index contributed by atoms with van der Waals surface area (Å²) >= 11 is 6.00. The van der Waals surface area contributed by atoms with Gasteiger partial charge >= 0.3 is 0 Å². The molecule has 1 N–H and O–H groups in total. The van der Waals surface area contributed by atoms with Crippen LogP contribution >= 0.6 is 11.6 Å². The lowest BCUT2D eigenvalue weighted by Gasteiger charge is -2.35. The van der Waals surface area contributed by atoms with Gasteiger partial charge in [0, 0.05) is 35.8 Å². The molecule has 1 aliphatic heterocycles. The number of benzene rings is 3. The van der Waals surface area contributed by atoms with Crippen molar-refractivity contribution < 1.29 is 14.5 Å². The first-order valence-corrected chi connectivity index (χ1v) is 12.8. The number of piperidine rings is 1. The third kappa shape index (κ3) is 6.17. The molecule has 0 bridgehead atoms. The Labute approximate surface area is 221 Å². The van der Waals surface area contributed by atoms with Gasteiger partial charge in [0.1, 0.15) is 0 Å². The summed E-state index contributed by atoms with van der Waals surface area (Å²) in [6, 6.07) is 20.7. The van der Waals surface area contributed by atoms with Crippen LogP contribution in [0.3, 0.4) is 0 Å². The Morgan fingerprint density at radius 2 is 1.68 bits per heavy atom. The van der Waals surface area contributed by atoms with E-state index in [0.29, 0.717) is 40.7 Å². The van der Waals surface area contributed by atoms with E-state index in [0.717, 1.165) is 12.8 Å². The van der Waals surface area contributed by atoms with Crippen LogP contribution in [0.1, 0.15) is 48.5 Å². The van der Waals surface area contributed by atoms with Gasteiger partial charge in [0.15, 0.2) is 0 Å². The minimum atomic E-state index is -0.435. The van der Waals surface area contributed by atoms with Gasteiger partial charge < -0.3 is 10.2 Å². The number of hydrogen-bond donors (Lipinski definition) is 1. The van der Waals surface area contributed by atoms with Crippen molar-refractivity contribution in [2.45, 2.75) is 38.6 Å². The normalized spacial score (nSPS) is 15.6. The molecular formula is C29H30ClN3O4. The molecule has 37 heavy (non-hydrogen) atoms. The highest BCUT2D eigenvalue weighted by atomic mass is 35.5. The Kier molecular flexibility index (Phi) is 8.24. The summed E-state index contributed by atoms with van der Waals surface area (Å²) in [4.78, 5) is 39.0. The first-order valence-electron chi connectivity index (χ1n) is 12.4. The summed E-state index contributed by atoms with van der Waals surface area (Å²) in [5.41, 5.74) is 2.63. The number of carbonyl (C=O) groups is 2. The summed E-state index contributed by atoms with van der Waals surface area (Å²) in [5, 5.41) is 15.1. The van der Waals surface area contributed by atoms with Gasteiger partial charge in [0.25, 0.3) is 11.6 Å². The summed E-state index contributed by atoms with van der Waals surface area (Å²) < 4.78 is 0. The van der Waals surface area contributed by atoms with Crippen molar-refractivity contribution in [2.24, 2.45) is 5.92 Å². The van der Waals surface area contributed by atoms with Gasteiger partial charge in [-0.15, -0.1) is 0 Å². The molecule has 1 fully saturated rings. The molecule has 3 aromatic rings. The van der Waals surface area contributed by atoms with E-state index in [2.05, 4.69) is 17.4 Å². The van der Waals surface area contributed by atoms with Crippen molar-refractivity contribution in [3.63, 3.8) is 0 Å². The molecule has 2 unspecified atom stereocenters. The second-order valence-corrected chi connectivity index (χ2v) is 9.99. The monoisotopic (exact) mass is 519 g/mol. The van der Waals surface area contributed by atoms with E-state index < -0.39 is 10.8 Å².